The zero-order valence-electron chi connectivity index (χ0n) is 9.93. The Hall–Kier alpha value is -1.81. The lowest BCUT2D eigenvalue weighted by atomic mass is 10.2. The molecule has 0 radical (unpaired) electrons. The molecule has 4 heteroatoms. The summed E-state index contributed by atoms with van der Waals surface area (Å²) in [6.07, 6.45) is 2.76. The summed E-state index contributed by atoms with van der Waals surface area (Å²) in [5.74, 6) is 0.316. The van der Waals surface area contributed by atoms with E-state index < -0.39 is 0 Å². The third kappa shape index (κ3) is 3.32. The lowest BCUT2D eigenvalue weighted by molar-refractivity contribution is 0.474. The molecule has 90 valence electrons. The molecule has 1 aromatic carbocycles. The van der Waals surface area contributed by atoms with Crippen LogP contribution in [0.1, 0.15) is 11.3 Å². The van der Waals surface area contributed by atoms with E-state index in [-0.39, 0.29) is 0 Å². The van der Waals surface area contributed by atoms with E-state index in [0.717, 1.165) is 25.1 Å². The van der Waals surface area contributed by atoms with Crippen LogP contribution in [0.5, 0.6) is 5.75 Å². The molecule has 0 unspecified atom stereocenters. The molecule has 0 amide bonds. The van der Waals surface area contributed by atoms with Crippen molar-refractivity contribution in [2.24, 2.45) is 7.05 Å². The Labute approximate surface area is 101 Å². The van der Waals surface area contributed by atoms with Gasteiger partial charge in [-0.3, -0.25) is 4.68 Å². The smallest absolute Gasteiger partial charge is 0.115 e. The van der Waals surface area contributed by atoms with Crippen molar-refractivity contribution in [1.82, 2.24) is 15.1 Å². The fourth-order valence-corrected chi connectivity index (χ4v) is 1.76. The first-order valence-corrected chi connectivity index (χ1v) is 5.71. The minimum absolute atomic E-state index is 0.316. The molecule has 0 saturated heterocycles. The number of hydrogen-bond donors (Lipinski definition) is 2. The quantitative estimate of drug-likeness (QED) is 0.766. The summed E-state index contributed by atoms with van der Waals surface area (Å²) in [5, 5.41) is 16.8. The van der Waals surface area contributed by atoms with Gasteiger partial charge < -0.3 is 10.4 Å². The molecule has 4 nitrogen and oxygen atoms in total. The molecular formula is C13H17N3O. The highest BCUT2D eigenvalue weighted by atomic mass is 16.3. The Balaban J connectivity index is 1.75. The third-order valence-corrected chi connectivity index (χ3v) is 2.72. The molecule has 0 saturated carbocycles. The summed E-state index contributed by atoms with van der Waals surface area (Å²) in [5.41, 5.74) is 2.31. The molecule has 0 spiro atoms. The fourth-order valence-electron chi connectivity index (χ4n) is 1.76. The Morgan fingerprint density at radius 2 is 2.24 bits per heavy atom. The van der Waals surface area contributed by atoms with Crippen LogP contribution < -0.4 is 5.32 Å². The Kier molecular flexibility index (Phi) is 3.77. The van der Waals surface area contributed by atoms with Crippen LogP contribution >= 0.6 is 0 Å². The number of phenolic OH excluding ortho intramolecular Hbond substituents is 1. The average Bonchev–Trinajstić information content (AvgIpc) is 2.71. The standard InChI is InChI=1S/C13H17N3O/c1-16-12(6-8-15-16)5-7-14-10-11-3-2-4-13(17)9-11/h2-4,6,8-9,14,17H,5,7,10H2,1H3. The molecule has 2 aromatic rings. The van der Waals surface area contributed by atoms with E-state index in [1.54, 1.807) is 12.1 Å². The lowest BCUT2D eigenvalue weighted by Gasteiger charge is -2.05. The lowest BCUT2D eigenvalue weighted by Crippen LogP contribution is -2.17. The highest BCUT2D eigenvalue weighted by molar-refractivity contribution is 5.26. The van der Waals surface area contributed by atoms with Crippen molar-refractivity contribution in [3.05, 3.63) is 47.8 Å². The topological polar surface area (TPSA) is 50.1 Å². The summed E-state index contributed by atoms with van der Waals surface area (Å²) in [6, 6.07) is 9.33. The van der Waals surface area contributed by atoms with Crippen molar-refractivity contribution < 1.29 is 5.11 Å². The zero-order valence-corrected chi connectivity index (χ0v) is 9.93. The third-order valence-electron chi connectivity index (χ3n) is 2.72. The molecule has 0 bridgehead atoms. The molecule has 0 atom stereocenters. The molecule has 0 aliphatic carbocycles. The van der Waals surface area contributed by atoms with Crippen molar-refractivity contribution in [2.75, 3.05) is 6.54 Å². The van der Waals surface area contributed by atoms with Gasteiger partial charge in [-0.15, -0.1) is 0 Å². The van der Waals surface area contributed by atoms with E-state index in [4.69, 9.17) is 0 Å². The molecule has 2 N–H and O–H groups in total. The average molecular weight is 231 g/mol. The van der Waals surface area contributed by atoms with Crippen LogP contribution in [0.4, 0.5) is 0 Å². The van der Waals surface area contributed by atoms with E-state index in [1.165, 1.54) is 5.69 Å². The molecule has 1 heterocycles. The minimum Gasteiger partial charge on any atom is -0.508 e. The largest absolute Gasteiger partial charge is 0.508 e. The normalized spacial score (nSPS) is 10.6. The number of aromatic hydroxyl groups is 1. The van der Waals surface area contributed by atoms with E-state index in [9.17, 15) is 5.11 Å². The maximum atomic E-state index is 9.32. The van der Waals surface area contributed by atoms with Gasteiger partial charge in [-0.05, 0) is 23.8 Å². The first-order chi connectivity index (χ1) is 8.25. The number of aromatic nitrogens is 2. The van der Waals surface area contributed by atoms with E-state index in [0.29, 0.717) is 5.75 Å². The maximum Gasteiger partial charge on any atom is 0.115 e. The molecule has 17 heavy (non-hydrogen) atoms. The fraction of sp³-hybridized carbons (Fsp3) is 0.308. The van der Waals surface area contributed by atoms with Crippen LogP contribution in [0.15, 0.2) is 36.5 Å². The van der Waals surface area contributed by atoms with Gasteiger partial charge in [0.25, 0.3) is 0 Å². The number of hydrogen-bond acceptors (Lipinski definition) is 3. The summed E-state index contributed by atoms with van der Waals surface area (Å²) in [7, 11) is 1.95. The second-order valence-corrected chi connectivity index (χ2v) is 4.04. The second-order valence-electron chi connectivity index (χ2n) is 4.04. The van der Waals surface area contributed by atoms with E-state index >= 15 is 0 Å². The van der Waals surface area contributed by atoms with Crippen LogP contribution in [-0.4, -0.2) is 21.4 Å². The van der Waals surface area contributed by atoms with Crippen LogP contribution in [-0.2, 0) is 20.0 Å². The van der Waals surface area contributed by atoms with Crippen molar-refractivity contribution in [1.29, 1.82) is 0 Å². The highest BCUT2D eigenvalue weighted by Crippen LogP contribution is 2.10. The van der Waals surface area contributed by atoms with Gasteiger partial charge in [-0.25, -0.2) is 0 Å². The summed E-state index contributed by atoms with van der Waals surface area (Å²) >= 11 is 0. The minimum atomic E-state index is 0.316. The number of aryl methyl sites for hydroxylation is 1. The second kappa shape index (κ2) is 5.50. The van der Waals surface area contributed by atoms with Crippen molar-refractivity contribution in [3.8, 4) is 5.75 Å². The zero-order chi connectivity index (χ0) is 12.1. The van der Waals surface area contributed by atoms with Crippen LogP contribution in [0.3, 0.4) is 0 Å². The van der Waals surface area contributed by atoms with Gasteiger partial charge in [0.2, 0.25) is 0 Å². The first kappa shape index (κ1) is 11.7. The Morgan fingerprint density at radius 1 is 1.35 bits per heavy atom. The van der Waals surface area contributed by atoms with Crippen molar-refractivity contribution in [3.63, 3.8) is 0 Å². The number of nitrogens with one attached hydrogen (secondary N) is 1. The van der Waals surface area contributed by atoms with Gasteiger partial charge >= 0.3 is 0 Å². The van der Waals surface area contributed by atoms with Gasteiger partial charge in [0, 0.05) is 38.4 Å². The first-order valence-electron chi connectivity index (χ1n) is 5.71. The Bertz CT molecular complexity index is 479. The van der Waals surface area contributed by atoms with Gasteiger partial charge in [-0.1, -0.05) is 12.1 Å². The van der Waals surface area contributed by atoms with E-state index in [1.807, 2.05) is 36.1 Å². The van der Waals surface area contributed by atoms with Gasteiger partial charge in [-0.2, -0.15) is 5.10 Å². The number of benzene rings is 1. The number of rotatable bonds is 5. The number of nitrogens with zero attached hydrogens (tertiary/aromatic N) is 2. The molecule has 0 aliphatic rings. The molecule has 2 rings (SSSR count). The predicted molar refractivity (Wildman–Crippen MR) is 66.7 cm³/mol. The summed E-state index contributed by atoms with van der Waals surface area (Å²) in [4.78, 5) is 0. The van der Waals surface area contributed by atoms with E-state index in [2.05, 4.69) is 10.4 Å². The molecule has 0 fully saturated rings. The van der Waals surface area contributed by atoms with Gasteiger partial charge in [0.05, 0.1) is 0 Å². The predicted octanol–water partition coefficient (Wildman–Crippen LogP) is 1.46. The van der Waals surface area contributed by atoms with Gasteiger partial charge in [0.15, 0.2) is 0 Å². The highest BCUT2D eigenvalue weighted by Gasteiger charge is 1.98. The van der Waals surface area contributed by atoms with Crippen LogP contribution in [0.2, 0.25) is 0 Å². The van der Waals surface area contributed by atoms with Crippen molar-refractivity contribution in [2.45, 2.75) is 13.0 Å². The molecule has 1 aromatic heterocycles. The monoisotopic (exact) mass is 231 g/mol. The molecule has 0 aliphatic heterocycles. The van der Waals surface area contributed by atoms with Crippen LogP contribution in [0.25, 0.3) is 0 Å². The SMILES string of the molecule is Cn1nccc1CCNCc1cccc(O)c1. The van der Waals surface area contributed by atoms with Crippen molar-refractivity contribution >= 4 is 0 Å². The van der Waals surface area contributed by atoms with Gasteiger partial charge in [0.1, 0.15) is 5.75 Å². The Morgan fingerprint density at radius 3 is 2.94 bits per heavy atom. The summed E-state index contributed by atoms with van der Waals surface area (Å²) in [6.45, 7) is 1.67. The summed E-state index contributed by atoms with van der Waals surface area (Å²) < 4.78 is 1.88. The maximum absolute atomic E-state index is 9.32. The van der Waals surface area contributed by atoms with Crippen LogP contribution in [0, 0.1) is 0 Å². The molecular weight excluding hydrogens is 214 g/mol. The number of phenols is 1.